The second-order valence-corrected chi connectivity index (χ2v) is 4.30. The van der Waals surface area contributed by atoms with E-state index in [-0.39, 0.29) is 12.2 Å². The van der Waals surface area contributed by atoms with Crippen molar-refractivity contribution in [2.75, 3.05) is 14.2 Å². The van der Waals surface area contributed by atoms with Crippen molar-refractivity contribution in [1.82, 2.24) is 5.01 Å². The minimum atomic E-state index is -0.903. The summed E-state index contributed by atoms with van der Waals surface area (Å²) in [6.07, 6.45) is 1.32. The maximum atomic E-state index is 12.2. The van der Waals surface area contributed by atoms with Crippen LogP contribution in [0.3, 0.4) is 0 Å². The highest BCUT2D eigenvalue weighted by molar-refractivity contribution is 5.84. The Hall–Kier alpha value is -2.88. The molecule has 1 unspecified atom stereocenters. The SMILES string of the molecule is CC=NN(C)C(CC(=O)OC)C(=O)Oc1ccc(C#N)cc1. The van der Waals surface area contributed by atoms with Crippen LogP contribution < -0.4 is 4.74 Å². The Morgan fingerprint density at radius 2 is 2.05 bits per heavy atom. The van der Waals surface area contributed by atoms with Crippen molar-refractivity contribution in [3.63, 3.8) is 0 Å². The molecule has 1 rings (SSSR count). The fourth-order valence-corrected chi connectivity index (χ4v) is 1.65. The molecular weight excluding hydrogens is 286 g/mol. The quantitative estimate of drug-likeness (QED) is 0.341. The summed E-state index contributed by atoms with van der Waals surface area (Å²) in [6, 6.07) is 7.15. The number of esters is 2. The summed E-state index contributed by atoms with van der Waals surface area (Å²) in [5, 5.41) is 14.0. The summed E-state index contributed by atoms with van der Waals surface area (Å²) >= 11 is 0. The molecule has 0 spiro atoms. The molecule has 0 N–H and O–H groups in total. The lowest BCUT2D eigenvalue weighted by atomic mass is 10.2. The maximum absolute atomic E-state index is 12.2. The normalized spacial score (nSPS) is 11.5. The molecule has 7 heteroatoms. The zero-order chi connectivity index (χ0) is 16.5. The average Bonchev–Trinajstić information content (AvgIpc) is 2.53. The van der Waals surface area contributed by atoms with E-state index in [2.05, 4.69) is 9.84 Å². The first kappa shape index (κ1) is 17.2. The number of ether oxygens (including phenoxy) is 2. The predicted octanol–water partition coefficient (Wildman–Crippen LogP) is 1.33. The van der Waals surface area contributed by atoms with Crippen molar-refractivity contribution in [3.8, 4) is 11.8 Å². The Balaban J connectivity index is 2.85. The molecule has 0 fully saturated rings. The van der Waals surface area contributed by atoms with Crippen LogP contribution in [0.4, 0.5) is 0 Å². The lowest BCUT2D eigenvalue weighted by molar-refractivity contribution is -0.149. The molecule has 0 saturated heterocycles. The first-order valence-corrected chi connectivity index (χ1v) is 6.52. The van der Waals surface area contributed by atoms with Crippen molar-refractivity contribution in [2.45, 2.75) is 19.4 Å². The van der Waals surface area contributed by atoms with Gasteiger partial charge in [-0.3, -0.25) is 9.80 Å². The molecule has 0 bridgehead atoms. The van der Waals surface area contributed by atoms with Gasteiger partial charge in [0.25, 0.3) is 0 Å². The molecule has 1 aromatic rings. The van der Waals surface area contributed by atoms with Gasteiger partial charge in [-0.1, -0.05) is 0 Å². The van der Waals surface area contributed by atoms with Crippen molar-refractivity contribution < 1.29 is 19.1 Å². The molecule has 1 atom stereocenters. The van der Waals surface area contributed by atoms with Gasteiger partial charge >= 0.3 is 11.9 Å². The number of carbonyl (C=O) groups excluding carboxylic acids is 2. The molecule has 116 valence electrons. The summed E-state index contributed by atoms with van der Waals surface area (Å²) in [5.74, 6) is -0.893. The summed E-state index contributed by atoms with van der Waals surface area (Å²) in [4.78, 5) is 23.7. The molecule has 0 aromatic heterocycles. The van der Waals surface area contributed by atoms with E-state index >= 15 is 0 Å². The van der Waals surface area contributed by atoms with Crippen LogP contribution in [0.25, 0.3) is 0 Å². The third kappa shape index (κ3) is 4.90. The highest BCUT2D eigenvalue weighted by Gasteiger charge is 2.28. The molecule has 0 saturated carbocycles. The molecule has 22 heavy (non-hydrogen) atoms. The lowest BCUT2D eigenvalue weighted by Crippen LogP contribution is -2.40. The smallest absolute Gasteiger partial charge is 0.336 e. The molecular formula is C15H17N3O4. The monoisotopic (exact) mass is 303 g/mol. The van der Waals surface area contributed by atoms with Gasteiger partial charge in [0.2, 0.25) is 0 Å². The molecule has 0 heterocycles. The number of hydrazone groups is 1. The zero-order valence-electron chi connectivity index (χ0n) is 12.6. The maximum Gasteiger partial charge on any atom is 0.336 e. The number of hydrogen-bond donors (Lipinski definition) is 0. The number of rotatable bonds is 6. The largest absolute Gasteiger partial charge is 0.469 e. The van der Waals surface area contributed by atoms with E-state index in [4.69, 9.17) is 10.00 Å². The van der Waals surface area contributed by atoms with Gasteiger partial charge in [0.15, 0.2) is 6.04 Å². The molecule has 7 nitrogen and oxygen atoms in total. The zero-order valence-corrected chi connectivity index (χ0v) is 12.6. The van der Waals surface area contributed by atoms with E-state index in [1.54, 1.807) is 14.0 Å². The van der Waals surface area contributed by atoms with Gasteiger partial charge in [0.1, 0.15) is 5.75 Å². The lowest BCUT2D eigenvalue weighted by Gasteiger charge is -2.22. The van der Waals surface area contributed by atoms with Crippen LogP contribution >= 0.6 is 0 Å². The minimum Gasteiger partial charge on any atom is -0.469 e. The van der Waals surface area contributed by atoms with E-state index in [9.17, 15) is 9.59 Å². The van der Waals surface area contributed by atoms with Crippen LogP contribution in [0.15, 0.2) is 29.4 Å². The number of benzene rings is 1. The van der Waals surface area contributed by atoms with Crippen molar-refractivity contribution in [3.05, 3.63) is 29.8 Å². The van der Waals surface area contributed by atoms with Gasteiger partial charge in [-0.05, 0) is 31.2 Å². The average molecular weight is 303 g/mol. The van der Waals surface area contributed by atoms with Gasteiger partial charge in [-0.25, -0.2) is 4.79 Å². The van der Waals surface area contributed by atoms with Gasteiger partial charge in [0.05, 0.1) is 25.2 Å². The Bertz CT molecular complexity index is 590. The molecule has 0 aliphatic rings. The summed E-state index contributed by atoms with van der Waals surface area (Å²) in [7, 11) is 2.81. The standard InChI is InChI=1S/C15H17N3O4/c1-4-17-18(2)13(9-14(19)21-3)15(20)22-12-7-5-11(10-16)6-8-12/h4-8,13H,9H2,1-3H3. The van der Waals surface area contributed by atoms with Gasteiger partial charge in [-0.15, -0.1) is 0 Å². The molecule has 0 aliphatic heterocycles. The van der Waals surface area contributed by atoms with Gasteiger partial charge < -0.3 is 9.47 Å². The molecule has 1 aromatic carbocycles. The molecule has 0 amide bonds. The van der Waals surface area contributed by atoms with Crippen LogP contribution in [0, 0.1) is 11.3 Å². The number of methoxy groups -OCH3 is 1. The topological polar surface area (TPSA) is 92.0 Å². The Kier molecular flexibility index (Phi) is 6.57. The van der Waals surface area contributed by atoms with E-state index in [1.807, 2.05) is 6.07 Å². The van der Waals surface area contributed by atoms with E-state index in [0.717, 1.165) is 0 Å². The number of likely N-dealkylation sites (N-methyl/N-ethyl adjacent to an activating group) is 1. The minimum absolute atomic E-state index is 0.181. The Morgan fingerprint density at radius 3 is 2.55 bits per heavy atom. The van der Waals surface area contributed by atoms with Crippen LogP contribution in [0.2, 0.25) is 0 Å². The van der Waals surface area contributed by atoms with Gasteiger partial charge in [0, 0.05) is 13.3 Å². The van der Waals surface area contributed by atoms with Crippen molar-refractivity contribution in [2.24, 2.45) is 5.10 Å². The van der Waals surface area contributed by atoms with E-state index in [1.165, 1.54) is 42.6 Å². The van der Waals surface area contributed by atoms with Crippen LogP contribution in [-0.2, 0) is 14.3 Å². The number of nitrogens with zero attached hydrogens (tertiary/aromatic N) is 3. The fourth-order valence-electron chi connectivity index (χ4n) is 1.65. The summed E-state index contributed by atoms with van der Waals surface area (Å²) < 4.78 is 9.80. The second-order valence-electron chi connectivity index (χ2n) is 4.30. The first-order valence-electron chi connectivity index (χ1n) is 6.52. The Morgan fingerprint density at radius 1 is 1.41 bits per heavy atom. The van der Waals surface area contributed by atoms with Crippen molar-refractivity contribution >= 4 is 18.2 Å². The van der Waals surface area contributed by atoms with Crippen LogP contribution in [-0.4, -0.2) is 43.4 Å². The summed E-state index contributed by atoms with van der Waals surface area (Å²) in [5.41, 5.74) is 0.457. The summed E-state index contributed by atoms with van der Waals surface area (Å²) in [6.45, 7) is 1.69. The fraction of sp³-hybridized carbons (Fsp3) is 0.333. The Labute approximate surface area is 128 Å². The molecule has 0 aliphatic carbocycles. The highest BCUT2D eigenvalue weighted by Crippen LogP contribution is 2.15. The second kappa shape index (κ2) is 8.42. The van der Waals surface area contributed by atoms with E-state index in [0.29, 0.717) is 5.56 Å². The molecule has 0 radical (unpaired) electrons. The first-order chi connectivity index (χ1) is 10.5. The van der Waals surface area contributed by atoms with Crippen molar-refractivity contribution in [1.29, 1.82) is 5.26 Å². The number of carbonyl (C=O) groups is 2. The van der Waals surface area contributed by atoms with Gasteiger partial charge in [-0.2, -0.15) is 10.4 Å². The highest BCUT2D eigenvalue weighted by atomic mass is 16.5. The predicted molar refractivity (Wildman–Crippen MR) is 79.1 cm³/mol. The van der Waals surface area contributed by atoms with Crippen LogP contribution in [0.1, 0.15) is 18.9 Å². The van der Waals surface area contributed by atoms with E-state index < -0.39 is 18.0 Å². The number of hydrogen-bond acceptors (Lipinski definition) is 7. The third-order valence-corrected chi connectivity index (χ3v) is 2.81. The number of nitriles is 1. The third-order valence-electron chi connectivity index (χ3n) is 2.81. The van der Waals surface area contributed by atoms with Crippen LogP contribution in [0.5, 0.6) is 5.75 Å².